The lowest BCUT2D eigenvalue weighted by molar-refractivity contribution is -0.146. The molecule has 1 aliphatic carbocycles. The van der Waals surface area contributed by atoms with Crippen LogP contribution in [0.2, 0.25) is 0 Å². The maximum atomic E-state index is 12.4. The first-order chi connectivity index (χ1) is 18.5. The van der Waals surface area contributed by atoms with Crippen LogP contribution in [0.1, 0.15) is 136 Å². The maximum Gasteiger partial charge on any atom is 0.308 e. The Morgan fingerprint density at radius 2 is 1.24 bits per heavy atom. The lowest BCUT2D eigenvalue weighted by Crippen LogP contribution is -2.37. The van der Waals surface area contributed by atoms with E-state index in [4.69, 9.17) is 14.2 Å². The second kappa shape index (κ2) is 24.2. The van der Waals surface area contributed by atoms with Crippen LogP contribution in [0.4, 0.5) is 0 Å². The number of carbonyl (C=O) groups is 1. The Labute approximate surface area is 237 Å². The van der Waals surface area contributed by atoms with Gasteiger partial charge < -0.3 is 19.1 Å². The summed E-state index contributed by atoms with van der Waals surface area (Å²) in [5.74, 6) is 1.38. The third-order valence-electron chi connectivity index (χ3n) is 8.47. The van der Waals surface area contributed by atoms with Crippen molar-refractivity contribution in [3.05, 3.63) is 0 Å². The molecule has 0 radical (unpaired) electrons. The van der Waals surface area contributed by atoms with Crippen LogP contribution in [0, 0.1) is 17.8 Å². The van der Waals surface area contributed by atoms with Crippen molar-refractivity contribution < 1.29 is 19.0 Å². The molecule has 1 saturated carbocycles. The molecule has 1 rings (SSSR count). The normalized spacial score (nSPS) is 18.6. The van der Waals surface area contributed by atoms with Crippen LogP contribution < -0.4 is 0 Å². The highest BCUT2D eigenvalue weighted by Crippen LogP contribution is 2.49. The van der Waals surface area contributed by atoms with Crippen LogP contribution >= 0.6 is 0 Å². The fourth-order valence-electron chi connectivity index (χ4n) is 5.63. The number of ether oxygens (including phenoxy) is 3. The molecule has 0 saturated heterocycles. The second-order valence-electron chi connectivity index (χ2n) is 12.1. The molecule has 0 aromatic carbocycles. The summed E-state index contributed by atoms with van der Waals surface area (Å²) in [5, 5.41) is 0. The van der Waals surface area contributed by atoms with Crippen molar-refractivity contribution in [3.8, 4) is 0 Å². The lowest BCUT2D eigenvalue weighted by atomic mass is 9.94. The largest absolute Gasteiger partial charge is 0.469 e. The van der Waals surface area contributed by atoms with Crippen molar-refractivity contribution in [1.29, 1.82) is 0 Å². The van der Waals surface area contributed by atoms with Gasteiger partial charge in [0, 0.05) is 13.2 Å². The van der Waals surface area contributed by atoms with E-state index in [-0.39, 0.29) is 11.9 Å². The van der Waals surface area contributed by atoms with E-state index in [1.165, 1.54) is 96.3 Å². The number of unbranched alkanes of at least 4 members (excludes halogenated alkanes) is 13. The van der Waals surface area contributed by atoms with Gasteiger partial charge in [0.05, 0.1) is 32.3 Å². The van der Waals surface area contributed by atoms with Gasteiger partial charge >= 0.3 is 5.97 Å². The average Bonchev–Trinajstić information content (AvgIpc) is 3.68. The highest BCUT2D eigenvalue weighted by Gasteiger charge is 2.45. The van der Waals surface area contributed by atoms with E-state index in [0.717, 1.165) is 51.4 Å². The fourth-order valence-corrected chi connectivity index (χ4v) is 5.63. The SMILES string of the molecule is CCCCCCCCCCOCC(COCCCCC(C(=O)OC)C1CC1CCCCCCCC)N(C)C. The van der Waals surface area contributed by atoms with Crippen molar-refractivity contribution >= 4 is 5.97 Å². The monoisotopic (exact) mass is 539 g/mol. The van der Waals surface area contributed by atoms with Gasteiger partial charge in [0.1, 0.15) is 0 Å². The number of esters is 1. The number of hydrogen-bond donors (Lipinski definition) is 0. The smallest absolute Gasteiger partial charge is 0.308 e. The molecule has 1 aliphatic rings. The minimum Gasteiger partial charge on any atom is -0.469 e. The maximum absolute atomic E-state index is 12.4. The molecule has 0 aliphatic heterocycles. The molecule has 0 spiro atoms. The van der Waals surface area contributed by atoms with E-state index in [1.807, 2.05) is 0 Å². The Morgan fingerprint density at radius 3 is 1.76 bits per heavy atom. The van der Waals surface area contributed by atoms with Crippen LogP contribution in [0.5, 0.6) is 0 Å². The highest BCUT2D eigenvalue weighted by atomic mass is 16.5. The number of nitrogens with zero attached hydrogens (tertiary/aromatic N) is 1. The van der Waals surface area contributed by atoms with Crippen LogP contribution in [0.15, 0.2) is 0 Å². The van der Waals surface area contributed by atoms with Gasteiger partial charge in [-0.3, -0.25) is 4.79 Å². The third-order valence-corrected chi connectivity index (χ3v) is 8.47. The Hall–Kier alpha value is -0.650. The average molecular weight is 540 g/mol. The Morgan fingerprint density at radius 1 is 0.737 bits per heavy atom. The first-order valence-electron chi connectivity index (χ1n) is 16.4. The lowest BCUT2D eigenvalue weighted by Gasteiger charge is -2.24. The molecule has 5 nitrogen and oxygen atoms in total. The summed E-state index contributed by atoms with van der Waals surface area (Å²) in [6.07, 6.45) is 24.2. The van der Waals surface area contributed by atoms with Gasteiger partial charge in [-0.05, 0) is 51.6 Å². The fraction of sp³-hybridized carbons (Fsp3) is 0.970. The van der Waals surface area contributed by atoms with Gasteiger partial charge in [-0.25, -0.2) is 0 Å². The van der Waals surface area contributed by atoms with Crippen LogP contribution in [0.25, 0.3) is 0 Å². The topological polar surface area (TPSA) is 48.0 Å². The van der Waals surface area contributed by atoms with Gasteiger partial charge in [-0.1, -0.05) is 110 Å². The Kier molecular flexibility index (Phi) is 22.5. The van der Waals surface area contributed by atoms with E-state index in [1.54, 1.807) is 7.11 Å². The van der Waals surface area contributed by atoms with Crippen molar-refractivity contribution in [2.75, 3.05) is 47.6 Å². The Balaban J connectivity index is 2.11. The van der Waals surface area contributed by atoms with Gasteiger partial charge in [0.25, 0.3) is 0 Å². The van der Waals surface area contributed by atoms with Crippen LogP contribution in [-0.4, -0.2) is 64.5 Å². The number of methoxy groups -OCH3 is 1. The molecule has 0 bridgehead atoms. The summed E-state index contributed by atoms with van der Waals surface area (Å²) in [4.78, 5) is 14.6. The zero-order valence-corrected chi connectivity index (χ0v) is 26.2. The number of rotatable bonds is 28. The summed E-state index contributed by atoms with van der Waals surface area (Å²) in [7, 11) is 5.75. The number of hydrogen-bond acceptors (Lipinski definition) is 5. The zero-order valence-electron chi connectivity index (χ0n) is 26.2. The minimum atomic E-state index is 0.00248. The summed E-state index contributed by atoms with van der Waals surface area (Å²) < 4.78 is 17.2. The first kappa shape index (κ1) is 35.4. The minimum absolute atomic E-state index is 0.00248. The first-order valence-corrected chi connectivity index (χ1v) is 16.4. The summed E-state index contributed by atoms with van der Waals surface area (Å²) in [5.41, 5.74) is 0. The molecule has 0 aromatic rings. The highest BCUT2D eigenvalue weighted by molar-refractivity contribution is 5.73. The van der Waals surface area contributed by atoms with E-state index in [0.29, 0.717) is 18.6 Å². The number of carbonyl (C=O) groups excluding carboxylic acids is 1. The molecule has 5 heteroatoms. The molecule has 0 heterocycles. The molecule has 4 unspecified atom stereocenters. The molecule has 226 valence electrons. The van der Waals surface area contributed by atoms with Crippen molar-refractivity contribution in [2.45, 2.75) is 142 Å². The molecule has 4 atom stereocenters. The molecular weight excluding hydrogens is 474 g/mol. The molecular formula is C33H65NO4. The molecule has 38 heavy (non-hydrogen) atoms. The second-order valence-corrected chi connectivity index (χ2v) is 12.1. The summed E-state index contributed by atoms with van der Waals surface area (Å²) in [6, 6.07) is 0.293. The number of likely N-dealkylation sites (N-methyl/N-ethyl adjacent to an activating group) is 1. The molecule has 1 fully saturated rings. The van der Waals surface area contributed by atoms with E-state index >= 15 is 0 Å². The van der Waals surface area contributed by atoms with Crippen molar-refractivity contribution in [1.82, 2.24) is 4.90 Å². The van der Waals surface area contributed by atoms with E-state index in [9.17, 15) is 4.79 Å². The Bertz CT molecular complexity index is 541. The molecule has 0 aromatic heterocycles. The predicted molar refractivity (Wildman–Crippen MR) is 161 cm³/mol. The molecule has 0 N–H and O–H groups in total. The zero-order chi connectivity index (χ0) is 27.8. The van der Waals surface area contributed by atoms with Gasteiger partial charge in [-0.15, -0.1) is 0 Å². The van der Waals surface area contributed by atoms with E-state index < -0.39 is 0 Å². The quantitative estimate of drug-likeness (QED) is 0.0737. The molecule has 0 amide bonds. The van der Waals surface area contributed by atoms with Crippen LogP contribution in [0.3, 0.4) is 0 Å². The van der Waals surface area contributed by atoms with Crippen molar-refractivity contribution in [2.24, 2.45) is 17.8 Å². The van der Waals surface area contributed by atoms with E-state index in [2.05, 4.69) is 32.8 Å². The van der Waals surface area contributed by atoms with Gasteiger partial charge in [-0.2, -0.15) is 0 Å². The third kappa shape index (κ3) is 17.8. The van der Waals surface area contributed by atoms with Crippen LogP contribution in [-0.2, 0) is 19.0 Å². The standard InChI is InChI=1S/C33H65NO4/c1-6-8-10-12-14-15-17-20-24-37-27-30(34(3)4)28-38-25-21-19-23-31(33(35)36-5)32-26-29(32)22-18-16-13-11-9-7-2/h29-32H,6-28H2,1-5H3. The summed E-state index contributed by atoms with van der Waals surface area (Å²) >= 11 is 0. The van der Waals surface area contributed by atoms with Gasteiger partial charge in [0.2, 0.25) is 0 Å². The summed E-state index contributed by atoms with van der Waals surface area (Å²) in [6.45, 7) is 7.58. The predicted octanol–water partition coefficient (Wildman–Crippen LogP) is 8.44. The van der Waals surface area contributed by atoms with Gasteiger partial charge in [0.15, 0.2) is 0 Å². The van der Waals surface area contributed by atoms with Crippen molar-refractivity contribution in [3.63, 3.8) is 0 Å².